The molecule has 2 heterocycles. The predicted octanol–water partition coefficient (Wildman–Crippen LogP) is 1.94. The molecule has 0 bridgehead atoms. The summed E-state index contributed by atoms with van der Waals surface area (Å²) in [4.78, 5) is 26.7. The number of amides is 2. The Kier molecular flexibility index (Phi) is 5.11. The second kappa shape index (κ2) is 7.11. The smallest absolute Gasteiger partial charge is 0.245 e. The first-order valence-corrected chi connectivity index (χ1v) is 8.90. The van der Waals surface area contributed by atoms with Crippen molar-refractivity contribution in [1.82, 2.24) is 15.5 Å². The molecule has 2 N–H and O–H groups in total. The number of halogens is 1. The number of benzene rings is 1. The van der Waals surface area contributed by atoms with Crippen LogP contribution in [0.2, 0.25) is 5.02 Å². The molecule has 3 atom stereocenters. The molecule has 1 aromatic carbocycles. The van der Waals surface area contributed by atoms with Crippen LogP contribution in [0.1, 0.15) is 32.3 Å². The zero-order chi connectivity index (χ0) is 17.3. The third-order valence-corrected chi connectivity index (χ3v) is 4.93. The van der Waals surface area contributed by atoms with Crippen LogP contribution in [0.4, 0.5) is 0 Å². The van der Waals surface area contributed by atoms with Gasteiger partial charge in [0.2, 0.25) is 11.8 Å². The molecule has 3 rings (SSSR count). The van der Waals surface area contributed by atoms with Crippen LogP contribution in [-0.4, -0.2) is 41.4 Å². The molecule has 0 saturated carbocycles. The monoisotopic (exact) mass is 349 g/mol. The van der Waals surface area contributed by atoms with Crippen LogP contribution in [0.25, 0.3) is 0 Å². The summed E-state index contributed by atoms with van der Waals surface area (Å²) in [6.07, 6.45) is 1.35. The lowest BCUT2D eigenvalue weighted by Crippen LogP contribution is -2.61. The van der Waals surface area contributed by atoms with Gasteiger partial charge >= 0.3 is 0 Å². The molecule has 6 heteroatoms. The van der Waals surface area contributed by atoms with Crippen LogP contribution < -0.4 is 10.6 Å². The quantitative estimate of drug-likeness (QED) is 0.854. The number of carbonyl (C=O) groups excluding carboxylic acids is 2. The summed E-state index contributed by atoms with van der Waals surface area (Å²) < 4.78 is 0. The molecule has 2 amide bonds. The van der Waals surface area contributed by atoms with Crippen LogP contribution in [0, 0.1) is 5.92 Å². The Hall–Kier alpha value is -1.59. The fourth-order valence-corrected chi connectivity index (χ4v) is 3.76. The molecule has 24 heavy (non-hydrogen) atoms. The number of carbonyl (C=O) groups is 2. The van der Waals surface area contributed by atoms with Crippen molar-refractivity contribution in [2.45, 2.75) is 51.4 Å². The zero-order valence-corrected chi connectivity index (χ0v) is 14.8. The van der Waals surface area contributed by atoms with E-state index >= 15 is 0 Å². The van der Waals surface area contributed by atoms with E-state index in [0.29, 0.717) is 36.9 Å². The summed E-state index contributed by atoms with van der Waals surface area (Å²) >= 11 is 6.00. The van der Waals surface area contributed by atoms with Gasteiger partial charge in [-0.2, -0.15) is 0 Å². The highest BCUT2D eigenvalue weighted by Gasteiger charge is 2.46. The van der Waals surface area contributed by atoms with Gasteiger partial charge in [0.15, 0.2) is 0 Å². The first-order valence-electron chi connectivity index (χ1n) is 8.52. The van der Waals surface area contributed by atoms with Gasteiger partial charge < -0.3 is 15.5 Å². The Labute approximate surface area is 147 Å². The van der Waals surface area contributed by atoms with E-state index in [-0.39, 0.29) is 29.9 Å². The molecule has 0 radical (unpaired) electrons. The minimum absolute atomic E-state index is 0.0210. The van der Waals surface area contributed by atoms with Crippen LogP contribution in [-0.2, 0) is 16.1 Å². The van der Waals surface area contributed by atoms with E-state index < -0.39 is 0 Å². The second-order valence-electron chi connectivity index (χ2n) is 7.14. The van der Waals surface area contributed by atoms with Gasteiger partial charge in [-0.1, -0.05) is 37.6 Å². The molecule has 0 aliphatic carbocycles. The largest absolute Gasteiger partial charge is 0.342 e. The van der Waals surface area contributed by atoms with E-state index in [1.165, 1.54) is 0 Å². The van der Waals surface area contributed by atoms with Crippen LogP contribution in [0.3, 0.4) is 0 Å². The Morgan fingerprint density at radius 3 is 2.88 bits per heavy atom. The van der Waals surface area contributed by atoms with Crippen molar-refractivity contribution in [2.24, 2.45) is 5.92 Å². The van der Waals surface area contributed by atoms with Crippen LogP contribution >= 0.6 is 11.6 Å². The Balaban J connectivity index is 1.61. The Bertz CT molecular complexity index is 634. The number of nitrogens with one attached hydrogen (secondary N) is 2. The van der Waals surface area contributed by atoms with E-state index in [4.69, 9.17) is 11.6 Å². The van der Waals surface area contributed by atoms with Crippen molar-refractivity contribution < 1.29 is 9.59 Å². The van der Waals surface area contributed by atoms with Crippen molar-refractivity contribution in [2.75, 3.05) is 6.54 Å². The highest BCUT2D eigenvalue weighted by molar-refractivity contribution is 6.30. The molecule has 2 saturated heterocycles. The molecule has 0 aromatic heterocycles. The van der Waals surface area contributed by atoms with E-state index in [0.717, 1.165) is 5.56 Å². The molecule has 5 nitrogen and oxygen atoms in total. The fourth-order valence-electron chi connectivity index (χ4n) is 3.55. The summed E-state index contributed by atoms with van der Waals surface area (Å²) in [5.41, 5.74) is 1.10. The molecule has 0 unspecified atom stereocenters. The Morgan fingerprint density at radius 2 is 2.17 bits per heavy atom. The van der Waals surface area contributed by atoms with E-state index in [1.54, 1.807) is 4.90 Å². The van der Waals surface area contributed by atoms with Crippen molar-refractivity contribution >= 4 is 23.4 Å². The molecular formula is C18H24ClN3O2. The van der Waals surface area contributed by atoms with E-state index in [2.05, 4.69) is 24.5 Å². The summed E-state index contributed by atoms with van der Waals surface area (Å²) in [6.45, 7) is 5.39. The normalized spacial score (nSPS) is 26.7. The summed E-state index contributed by atoms with van der Waals surface area (Å²) in [5.74, 6) is 0.405. The van der Waals surface area contributed by atoms with E-state index in [9.17, 15) is 9.59 Å². The maximum absolute atomic E-state index is 12.6. The molecule has 2 aliphatic rings. The molecule has 130 valence electrons. The van der Waals surface area contributed by atoms with Crippen molar-refractivity contribution in [3.8, 4) is 0 Å². The van der Waals surface area contributed by atoms with Crippen molar-refractivity contribution in [1.29, 1.82) is 0 Å². The molecule has 2 fully saturated rings. The standard InChI is InChI=1S/C18H24ClN3O2/c1-11(2)6-15-18(24)22-10-14(8-16(22)17(23)21-15)20-9-12-4-3-5-13(19)7-12/h3-5,7,11,14-16,20H,6,8-10H2,1-2H3,(H,21,23)/t14-,15+,16-/m0/s1. The maximum atomic E-state index is 12.6. The van der Waals surface area contributed by atoms with Crippen molar-refractivity contribution in [3.05, 3.63) is 34.9 Å². The zero-order valence-electron chi connectivity index (χ0n) is 14.1. The average molecular weight is 350 g/mol. The highest BCUT2D eigenvalue weighted by Crippen LogP contribution is 2.25. The van der Waals surface area contributed by atoms with Gasteiger partial charge in [0.25, 0.3) is 0 Å². The summed E-state index contributed by atoms with van der Waals surface area (Å²) in [5, 5.41) is 7.05. The van der Waals surface area contributed by atoms with Crippen molar-refractivity contribution in [3.63, 3.8) is 0 Å². The summed E-state index contributed by atoms with van der Waals surface area (Å²) in [7, 11) is 0. The number of rotatable bonds is 5. The van der Waals surface area contributed by atoms with Gasteiger partial charge in [-0.25, -0.2) is 0 Å². The average Bonchev–Trinajstić information content (AvgIpc) is 2.95. The Morgan fingerprint density at radius 1 is 1.38 bits per heavy atom. The topological polar surface area (TPSA) is 61.4 Å². The lowest BCUT2D eigenvalue weighted by atomic mass is 9.99. The molecule has 1 aromatic rings. The minimum Gasteiger partial charge on any atom is -0.342 e. The number of hydrogen-bond donors (Lipinski definition) is 2. The van der Waals surface area contributed by atoms with Gasteiger partial charge in [-0.15, -0.1) is 0 Å². The first kappa shape index (κ1) is 17.2. The number of fused-ring (bicyclic) bond motifs is 1. The van der Waals surface area contributed by atoms with Gasteiger partial charge in [0, 0.05) is 24.2 Å². The maximum Gasteiger partial charge on any atom is 0.245 e. The van der Waals surface area contributed by atoms with Gasteiger partial charge in [-0.05, 0) is 36.5 Å². The van der Waals surface area contributed by atoms with Gasteiger partial charge in [0.1, 0.15) is 12.1 Å². The van der Waals surface area contributed by atoms with Crippen LogP contribution in [0.15, 0.2) is 24.3 Å². The third kappa shape index (κ3) is 3.73. The number of piperazine rings is 1. The first-order chi connectivity index (χ1) is 11.4. The molecule has 0 spiro atoms. The fraction of sp³-hybridized carbons (Fsp3) is 0.556. The summed E-state index contributed by atoms with van der Waals surface area (Å²) in [6, 6.07) is 7.12. The molecule has 2 aliphatic heterocycles. The highest BCUT2D eigenvalue weighted by atomic mass is 35.5. The SMILES string of the molecule is CC(C)C[C@H]1NC(=O)[C@@H]2C[C@H](NCc3cccc(Cl)c3)CN2C1=O. The van der Waals surface area contributed by atoms with Gasteiger partial charge in [0.05, 0.1) is 0 Å². The second-order valence-corrected chi connectivity index (χ2v) is 7.58. The van der Waals surface area contributed by atoms with Gasteiger partial charge in [-0.3, -0.25) is 9.59 Å². The van der Waals surface area contributed by atoms with E-state index in [1.807, 2.05) is 24.3 Å². The minimum atomic E-state index is -0.375. The predicted molar refractivity (Wildman–Crippen MR) is 93.6 cm³/mol. The van der Waals surface area contributed by atoms with Crippen LogP contribution in [0.5, 0.6) is 0 Å². The molecular weight excluding hydrogens is 326 g/mol. The third-order valence-electron chi connectivity index (χ3n) is 4.69. The number of nitrogens with zero attached hydrogens (tertiary/aromatic N) is 1. The lowest BCUT2D eigenvalue weighted by Gasteiger charge is -2.35. The lowest BCUT2D eigenvalue weighted by molar-refractivity contribution is -0.147. The number of hydrogen-bond acceptors (Lipinski definition) is 3.